The molecule has 0 aromatic heterocycles. The molecular weight excluding hydrogens is 229 g/mol. The van der Waals surface area contributed by atoms with E-state index in [9.17, 15) is 9.18 Å². The van der Waals surface area contributed by atoms with Crippen molar-refractivity contribution < 1.29 is 9.18 Å². The second-order valence-corrected chi connectivity index (χ2v) is 5.06. The van der Waals surface area contributed by atoms with Gasteiger partial charge in [-0.15, -0.1) is 0 Å². The predicted molar refractivity (Wildman–Crippen MR) is 70.2 cm³/mol. The number of nitrogens with zero attached hydrogens (tertiary/aromatic N) is 1. The summed E-state index contributed by atoms with van der Waals surface area (Å²) in [5, 5.41) is 0. The lowest BCUT2D eigenvalue weighted by atomic mass is 10.0. The zero-order valence-electron chi connectivity index (χ0n) is 10.9. The van der Waals surface area contributed by atoms with Crippen LogP contribution in [0.15, 0.2) is 24.3 Å². The molecule has 0 N–H and O–H groups in total. The Morgan fingerprint density at radius 3 is 2.72 bits per heavy atom. The van der Waals surface area contributed by atoms with Gasteiger partial charge in [0, 0.05) is 24.6 Å². The Kier molecular flexibility index (Phi) is 4.48. The van der Waals surface area contributed by atoms with E-state index in [1.165, 1.54) is 31.4 Å². The van der Waals surface area contributed by atoms with E-state index >= 15 is 0 Å². The zero-order chi connectivity index (χ0) is 13.0. The van der Waals surface area contributed by atoms with E-state index in [1.54, 1.807) is 12.1 Å². The molecule has 1 aromatic carbocycles. The number of carbonyl (C=O) groups excluding carboxylic acids is 1. The van der Waals surface area contributed by atoms with Crippen LogP contribution in [-0.4, -0.2) is 29.8 Å². The summed E-state index contributed by atoms with van der Waals surface area (Å²) in [6, 6.07) is 6.40. The quantitative estimate of drug-likeness (QED) is 0.763. The van der Waals surface area contributed by atoms with Crippen molar-refractivity contribution in [2.24, 2.45) is 0 Å². The van der Waals surface area contributed by atoms with Gasteiger partial charge in [0.1, 0.15) is 5.82 Å². The maximum absolute atomic E-state index is 12.8. The zero-order valence-corrected chi connectivity index (χ0v) is 10.9. The molecule has 1 saturated heterocycles. The summed E-state index contributed by atoms with van der Waals surface area (Å²) >= 11 is 0. The van der Waals surface area contributed by atoms with Crippen LogP contribution in [0.25, 0.3) is 0 Å². The Morgan fingerprint density at radius 1 is 1.33 bits per heavy atom. The molecule has 0 spiro atoms. The van der Waals surface area contributed by atoms with Crippen molar-refractivity contribution in [3.63, 3.8) is 0 Å². The molecule has 18 heavy (non-hydrogen) atoms. The topological polar surface area (TPSA) is 20.3 Å². The van der Waals surface area contributed by atoms with Gasteiger partial charge >= 0.3 is 0 Å². The summed E-state index contributed by atoms with van der Waals surface area (Å²) in [5.74, 6) is -0.191. The van der Waals surface area contributed by atoms with E-state index in [2.05, 4.69) is 11.8 Å². The minimum Gasteiger partial charge on any atom is -0.300 e. The molecular formula is C15H20FNO. The Balaban J connectivity index is 1.86. The molecule has 1 fully saturated rings. The van der Waals surface area contributed by atoms with Gasteiger partial charge < -0.3 is 4.90 Å². The smallest absolute Gasteiger partial charge is 0.164 e. The minimum atomic E-state index is -0.295. The predicted octanol–water partition coefficient (Wildman–Crippen LogP) is 3.27. The maximum Gasteiger partial charge on any atom is 0.164 e. The average Bonchev–Trinajstić information content (AvgIpc) is 2.38. The highest BCUT2D eigenvalue weighted by Crippen LogP contribution is 2.17. The van der Waals surface area contributed by atoms with Crippen LogP contribution in [0.2, 0.25) is 0 Å². The summed E-state index contributed by atoms with van der Waals surface area (Å²) in [6.07, 6.45) is 4.28. The lowest BCUT2D eigenvalue weighted by Crippen LogP contribution is -2.38. The molecule has 0 aliphatic carbocycles. The molecule has 0 unspecified atom stereocenters. The third-order valence-corrected chi connectivity index (χ3v) is 3.73. The van der Waals surface area contributed by atoms with Crippen molar-refractivity contribution in [3.05, 3.63) is 35.6 Å². The van der Waals surface area contributed by atoms with Gasteiger partial charge in [-0.05, 0) is 50.6 Å². The van der Waals surface area contributed by atoms with Crippen LogP contribution in [0.4, 0.5) is 4.39 Å². The van der Waals surface area contributed by atoms with Gasteiger partial charge in [-0.1, -0.05) is 6.42 Å². The summed E-state index contributed by atoms with van der Waals surface area (Å²) in [5.41, 5.74) is 0.612. The van der Waals surface area contributed by atoms with Crippen LogP contribution in [0.3, 0.4) is 0 Å². The Hall–Kier alpha value is -1.22. The van der Waals surface area contributed by atoms with E-state index in [4.69, 9.17) is 0 Å². The van der Waals surface area contributed by atoms with Crippen molar-refractivity contribution in [1.82, 2.24) is 4.90 Å². The fraction of sp³-hybridized carbons (Fsp3) is 0.533. The Bertz CT molecular complexity index is 401. The molecule has 0 saturated carbocycles. The maximum atomic E-state index is 12.8. The van der Waals surface area contributed by atoms with Crippen LogP contribution in [0.5, 0.6) is 0 Å². The van der Waals surface area contributed by atoms with Crippen LogP contribution in [-0.2, 0) is 0 Å². The number of likely N-dealkylation sites (tertiary alicyclic amines) is 1. The fourth-order valence-electron chi connectivity index (χ4n) is 2.52. The summed E-state index contributed by atoms with van der Waals surface area (Å²) < 4.78 is 12.8. The van der Waals surface area contributed by atoms with Crippen molar-refractivity contribution in [1.29, 1.82) is 0 Å². The standard InChI is InChI=1S/C15H20FNO/c1-12-4-2-3-10-17(12)11-9-15(18)13-5-7-14(16)8-6-13/h5-8,12H,2-4,9-11H2,1H3/t12-/m0/s1. The summed E-state index contributed by atoms with van der Waals surface area (Å²) in [6.45, 7) is 4.14. The normalized spacial score (nSPS) is 20.9. The molecule has 3 heteroatoms. The number of hydrogen-bond acceptors (Lipinski definition) is 2. The van der Waals surface area contributed by atoms with E-state index in [0.29, 0.717) is 18.0 Å². The molecule has 1 heterocycles. The first-order valence-electron chi connectivity index (χ1n) is 6.69. The first-order valence-corrected chi connectivity index (χ1v) is 6.69. The van der Waals surface area contributed by atoms with Crippen molar-refractivity contribution in [2.75, 3.05) is 13.1 Å². The first-order chi connectivity index (χ1) is 8.66. The third kappa shape index (κ3) is 3.39. The Labute approximate surface area is 108 Å². The van der Waals surface area contributed by atoms with Gasteiger partial charge in [0.15, 0.2) is 5.78 Å². The number of Topliss-reactive ketones (excluding diaryl/α,β-unsaturated/α-hetero) is 1. The summed E-state index contributed by atoms with van der Waals surface area (Å²) in [4.78, 5) is 14.3. The van der Waals surface area contributed by atoms with Crippen LogP contribution >= 0.6 is 0 Å². The SMILES string of the molecule is C[C@H]1CCCCN1CCC(=O)c1ccc(F)cc1. The monoisotopic (exact) mass is 249 g/mol. The molecule has 1 aromatic rings. The number of benzene rings is 1. The third-order valence-electron chi connectivity index (χ3n) is 3.73. The number of halogens is 1. The van der Waals surface area contributed by atoms with Crippen LogP contribution < -0.4 is 0 Å². The van der Waals surface area contributed by atoms with Crippen molar-refractivity contribution in [3.8, 4) is 0 Å². The van der Waals surface area contributed by atoms with E-state index in [0.717, 1.165) is 13.1 Å². The van der Waals surface area contributed by atoms with Gasteiger partial charge in [-0.25, -0.2) is 4.39 Å². The van der Waals surface area contributed by atoms with Crippen molar-refractivity contribution >= 4 is 5.78 Å². The molecule has 98 valence electrons. The van der Waals surface area contributed by atoms with Crippen LogP contribution in [0, 0.1) is 5.82 Å². The van der Waals surface area contributed by atoms with Gasteiger partial charge in [0.05, 0.1) is 0 Å². The number of ketones is 1. The van der Waals surface area contributed by atoms with Gasteiger partial charge in [-0.2, -0.15) is 0 Å². The lowest BCUT2D eigenvalue weighted by Gasteiger charge is -2.33. The van der Waals surface area contributed by atoms with E-state index in [-0.39, 0.29) is 11.6 Å². The second kappa shape index (κ2) is 6.10. The molecule has 0 bridgehead atoms. The van der Waals surface area contributed by atoms with Gasteiger partial charge in [-0.3, -0.25) is 4.79 Å². The second-order valence-electron chi connectivity index (χ2n) is 5.06. The Morgan fingerprint density at radius 2 is 2.06 bits per heavy atom. The fourth-order valence-corrected chi connectivity index (χ4v) is 2.52. The highest BCUT2D eigenvalue weighted by Gasteiger charge is 2.18. The van der Waals surface area contributed by atoms with Crippen molar-refractivity contribution in [2.45, 2.75) is 38.6 Å². The number of hydrogen-bond donors (Lipinski definition) is 0. The molecule has 2 rings (SSSR count). The minimum absolute atomic E-state index is 0.104. The largest absolute Gasteiger partial charge is 0.300 e. The molecule has 2 nitrogen and oxygen atoms in total. The number of rotatable bonds is 4. The van der Waals surface area contributed by atoms with E-state index in [1.807, 2.05) is 0 Å². The molecule has 0 amide bonds. The first kappa shape index (κ1) is 13.2. The van der Waals surface area contributed by atoms with Gasteiger partial charge in [0.25, 0.3) is 0 Å². The average molecular weight is 249 g/mol. The molecule has 1 aliphatic rings. The van der Waals surface area contributed by atoms with Gasteiger partial charge in [0.2, 0.25) is 0 Å². The highest BCUT2D eigenvalue weighted by atomic mass is 19.1. The molecule has 0 radical (unpaired) electrons. The molecule has 1 atom stereocenters. The number of piperidine rings is 1. The molecule has 1 aliphatic heterocycles. The van der Waals surface area contributed by atoms with Crippen LogP contribution in [0.1, 0.15) is 43.0 Å². The van der Waals surface area contributed by atoms with E-state index < -0.39 is 0 Å². The highest BCUT2D eigenvalue weighted by molar-refractivity contribution is 5.96. The lowest BCUT2D eigenvalue weighted by molar-refractivity contribution is 0.0935. The number of carbonyl (C=O) groups is 1. The summed E-state index contributed by atoms with van der Waals surface area (Å²) in [7, 11) is 0.